The van der Waals surface area contributed by atoms with Gasteiger partial charge in [0.25, 0.3) is 5.91 Å². The number of hydrogen-bond donors (Lipinski definition) is 1. The van der Waals surface area contributed by atoms with E-state index in [9.17, 15) is 14.0 Å². The zero-order chi connectivity index (χ0) is 21.9. The summed E-state index contributed by atoms with van der Waals surface area (Å²) in [5.74, 6) is -0.236. The van der Waals surface area contributed by atoms with E-state index >= 15 is 0 Å². The lowest BCUT2D eigenvalue weighted by Gasteiger charge is -2.30. The number of halogens is 2. The minimum absolute atomic E-state index is 0.180. The van der Waals surface area contributed by atoms with E-state index in [2.05, 4.69) is 34.8 Å². The van der Waals surface area contributed by atoms with Crippen LogP contribution in [-0.4, -0.2) is 35.9 Å². The van der Waals surface area contributed by atoms with Crippen molar-refractivity contribution in [1.82, 2.24) is 10.2 Å². The van der Waals surface area contributed by atoms with E-state index in [4.69, 9.17) is 4.74 Å². The van der Waals surface area contributed by atoms with Crippen molar-refractivity contribution in [3.63, 3.8) is 0 Å². The molecule has 0 unspecified atom stereocenters. The molecular formula is C23H28FIN2O3. The summed E-state index contributed by atoms with van der Waals surface area (Å²) < 4.78 is 20.0. The molecule has 0 radical (unpaired) electrons. The van der Waals surface area contributed by atoms with Gasteiger partial charge in [0, 0.05) is 16.7 Å². The van der Waals surface area contributed by atoms with Gasteiger partial charge >= 0.3 is 0 Å². The Bertz CT molecular complexity index is 812. The van der Waals surface area contributed by atoms with E-state index in [1.165, 1.54) is 17.0 Å². The summed E-state index contributed by atoms with van der Waals surface area (Å²) in [5.41, 5.74) is 0.749. The molecule has 5 nitrogen and oxygen atoms in total. The minimum atomic E-state index is -0.625. The molecular weight excluding hydrogens is 498 g/mol. The highest BCUT2D eigenvalue weighted by Crippen LogP contribution is 2.16. The number of hydrogen-bond acceptors (Lipinski definition) is 3. The second-order valence-electron chi connectivity index (χ2n) is 6.96. The fourth-order valence-electron chi connectivity index (χ4n) is 2.97. The Labute approximate surface area is 191 Å². The molecule has 2 aromatic rings. The van der Waals surface area contributed by atoms with Crippen LogP contribution in [0, 0.1) is 9.39 Å². The Morgan fingerprint density at radius 3 is 2.37 bits per heavy atom. The van der Waals surface area contributed by atoms with Crippen LogP contribution in [0.2, 0.25) is 0 Å². The van der Waals surface area contributed by atoms with Crippen LogP contribution < -0.4 is 10.1 Å². The number of benzene rings is 2. The number of carbonyl (C=O) groups is 2. The van der Waals surface area contributed by atoms with Gasteiger partial charge in [0.2, 0.25) is 5.91 Å². The van der Waals surface area contributed by atoms with Gasteiger partial charge in [-0.25, -0.2) is 4.39 Å². The van der Waals surface area contributed by atoms with Crippen molar-refractivity contribution < 1.29 is 18.7 Å². The molecule has 0 fully saturated rings. The van der Waals surface area contributed by atoms with Gasteiger partial charge in [-0.15, -0.1) is 0 Å². The third-order valence-electron chi connectivity index (χ3n) is 4.66. The predicted molar refractivity (Wildman–Crippen MR) is 124 cm³/mol. The Kier molecular flexibility index (Phi) is 10.1. The van der Waals surface area contributed by atoms with Crippen LogP contribution in [0.1, 0.15) is 38.7 Å². The molecule has 7 heteroatoms. The van der Waals surface area contributed by atoms with Gasteiger partial charge in [0.1, 0.15) is 17.6 Å². The number of amides is 2. The van der Waals surface area contributed by atoms with Gasteiger partial charge in [0.05, 0.1) is 0 Å². The standard InChI is InChI=1S/C23H28FIN2O3/c1-3-5-14-26-23(29)21(4-2)27(15-17-6-8-18(24)9-7-17)22(28)16-30-20-12-10-19(25)11-13-20/h6-13,21H,3-5,14-16H2,1-2H3,(H,26,29)/t21-/m1/s1. The van der Waals surface area contributed by atoms with Crippen LogP contribution in [-0.2, 0) is 16.1 Å². The third-order valence-corrected chi connectivity index (χ3v) is 5.38. The van der Waals surface area contributed by atoms with Crippen molar-refractivity contribution >= 4 is 34.4 Å². The van der Waals surface area contributed by atoms with Crippen LogP contribution >= 0.6 is 22.6 Å². The SMILES string of the molecule is CCCCNC(=O)[C@@H](CC)N(Cc1ccc(F)cc1)C(=O)COc1ccc(I)cc1. The lowest BCUT2D eigenvalue weighted by Crippen LogP contribution is -2.50. The molecule has 0 aliphatic rings. The molecule has 0 aliphatic heterocycles. The molecule has 1 atom stereocenters. The first-order chi connectivity index (χ1) is 14.4. The molecule has 0 spiro atoms. The Hall–Kier alpha value is -2.16. The Balaban J connectivity index is 2.15. The number of ether oxygens (including phenoxy) is 1. The van der Waals surface area contributed by atoms with Crippen LogP contribution in [0.25, 0.3) is 0 Å². The van der Waals surface area contributed by atoms with Gasteiger partial charge < -0.3 is 15.0 Å². The lowest BCUT2D eigenvalue weighted by atomic mass is 10.1. The molecule has 30 heavy (non-hydrogen) atoms. The summed E-state index contributed by atoms with van der Waals surface area (Å²) >= 11 is 2.20. The highest BCUT2D eigenvalue weighted by atomic mass is 127. The van der Waals surface area contributed by atoms with Crippen molar-refractivity contribution in [2.45, 2.75) is 45.7 Å². The number of rotatable bonds is 11. The van der Waals surface area contributed by atoms with Gasteiger partial charge in [-0.2, -0.15) is 0 Å². The van der Waals surface area contributed by atoms with Gasteiger partial charge in [-0.1, -0.05) is 32.4 Å². The lowest BCUT2D eigenvalue weighted by molar-refractivity contribution is -0.143. The van der Waals surface area contributed by atoms with Crippen LogP contribution in [0.5, 0.6) is 5.75 Å². The first-order valence-corrected chi connectivity index (χ1v) is 11.2. The summed E-state index contributed by atoms with van der Waals surface area (Å²) in [6.07, 6.45) is 2.32. The van der Waals surface area contributed by atoms with Crippen LogP contribution in [0.3, 0.4) is 0 Å². The van der Waals surface area contributed by atoms with E-state index in [1.54, 1.807) is 24.3 Å². The molecule has 2 rings (SSSR count). The second-order valence-corrected chi connectivity index (χ2v) is 8.20. The average Bonchev–Trinajstić information content (AvgIpc) is 2.74. The number of unbranched alkanes of at least 4 members (excludes halogenated alkanes) is 1. The zero-order valence-corrected chi connectivity index (χ0v) is 19.5. The Morgan fingerprint density at radius 2 is 1.77 bits per heavy atom. The molecule has 2 aromatic carbocycles. The third kappa shape index (κ3) is 7.59. The first-order valence-electron chi connectivity index (χ1n) is 10.1. The Morgan fingerprint density at radius 1 is 1.10 bits per heavy atom. The van der Waals surface area contributed by atoms with Crippen molar-refractivity contribution in [2.24, 2.45) is 0 Å². The molecule has 2 amide bonds. The van der Waals surface area contributed by atoms with Crippen molar-refractivity contribution in [1.29, 1.82) is 0 Å². The normalized spacial score (nSPS) is 11.6. The summed E-state index contributed by atoms with van der Waals surface area (Å²) in [6, 6.07) is 12.7. The maximum atomic E-state index is 13.3. The molecule has 0 aromatic heterocycles. The molecule has 0 heterocycles. The summed E-state index contributed by atoms with van der Waals surface area (Å²) in [4.78, 5) is 27.3. The van der Waals surface area contributed by atoms with Crippen molar-refractivity contribution in [3.8, 4) is 5.75 Å². The fraction of sp³-hybridized carbons (Fsp3) is 0.391. The largest absolute Gasteiger partial charge is 0.484 e. The number of nitrogens with zero attached hydrogens (tertiary/aromatic N) is 1. The number of carbonyl (C=O) groups excluding carboxylic acids is 2. The van der Waals surface area contributed by atoms with Crippen molar-refractivity contribution in [2.75, 3.05) is 13.2 Å². The summed E-state index contributed by atoms with van der Waals surface area (Å²) in [7, 11) is 0. The second kappa shape index (κ2) is 12.5. The molecule has 0 saturated carbocycles. The van der Waals surface area contributed by atoms with Crippen molar-refractivity contribution in [3.05, 3.63) is 63.5 Å². The summed E-state index contributed by atoms with van der Waals surface area (Å²) in [6.45, 7) is 4.52. The minimum Gasteiger partial charge on any atom is -0.484 e. The number of nitrogens with one attached hydrogen (secondary N) is 1. The molecule has 162 valence electrons. The molecule has 0 saturated heterocycles. The maximum absolute atomic E-state index is 13.3. The van der Waals surface area contributed by atoms with Gasteiger partial charge in [0.15, 0.2) is 6.61 Å². The van der Waals surface area contributed by atoms with E-state index < -0.39 is 6.04 Å². The van der Waals surface area contributed by atoms with E-state index in [0.717, 1.165) is 22.0 Å². The van der Waals surface area contributed by atoms with Crippen LogP contribution in [0.15, 0.2) is 48.5 Å². The topological polar surface area (TPSA) is 58.6 Å². The summed E-state index contributed by atoms with van der Waals surface area (Å²) in [5, 5.41) is 2.91. The van der Waals surface area contributed by atoms with E-state index in [-0.39, 0.29) is 30.8 Å². The predicted octanol–water partition coefficient (Wildman–Crippen LogP) is 4.53. The van der Waals surface area contributed by atoms with Gasteiger partial charge in [-0.3, -0.25) is 9.59 Å². The van der Waals surface area contributed by atoms with E-state index in [0.29, 0.717) is 18.7 Å². The monoisotopic (exact) mass is 526 g/mol. The molecule has 1 N–H and O–H groups in total. The van der Waals surface area contributed by atoms with Gasteiger partial charge in [-0.05, 0) is 77.4 Å². The average molecular weight is 526 g/mol. The quantitative estimate of drug-likeness (QED) is 0.346. The molecule has 0 aliphatic carbocycles. The van der Waals surface area contributed by atoms with E-state index in [1.807, 2.05) is 19.1 Å². The highest BCUT2D eigenvalue weighted by molar-refractivity contribution is 14.1. The molecule has 0 bridgehead atoms. The first kappa shape index (κ1) is 24.1. The smallest absolute Gasteiger partial charge is 0.261 e. The fourth-order valence-corrected chi connectivity index (χ4v) is 3.33. The maximum Gasteiger partial charge on any atom is 0.261 e. The highest BCUT2D eigenvalue weighted by Gasteiger charge is 2.28. The van der Waals surface area contributed by atoms with Crippen LogP contribution in [0.4, 0.5) is 4.39 Å². The zero-order valence-electron chi connectivity index (χ0n) is 17.4.